The summed E-state index contributed by atoms with van der Waals surface area (Å²) >= 11 is 0. The minimum atomic E-state index is -2.35. The minimum absolute atomic E-state index is 0.668. The van der Waals surface area contributed by atoms with E-state index in [2.05, 4.69) is 10.6 Å². The van der Waals surface area contributed by atoms with Crippen molar-refractivity contribution in [3.05, 3.63) is 0 Å². The van der Waals surface area contributed by atoms with Crippen LogP contribution in [0, 0.1) is 0 Å². The smallest absolute Gasteiger partial charge is 0.377 e. The van der Waals surface area contributed by atoms with Crippen molar-refractivity contribution < 1.29 is 26.6 Å². The third-order valence-corrected chi connectivity index (χ3v) is 9.85. The molecule has 10 nitrogen and oxygen atoms in total. The first kappa shape index (κ1) is 49.0. The number of nitrogens with one attached hydrogen (secondary N) is 2. The van der Waals surface area contributed by atoms with Crippen molar-refractivity contribution in [1.82, 2.24) is 10.6 Å². The van der Waals surface area contributed by atoms with E-state index in [1.165, 1.54) is 0 Å². The number of hydrogen-bond acceptors (Lipinski definition) is 10. The summed E-state index contributed by atoms with van der Waals surface area (Å²) in [5.74, 6) is 0. The molecule has 0 aromatic heterocycles. The van der Waals surface area contributed by atoms with Gasteiger partial charge in [-0.1, -0.05) is 55.4 Å². The molecule has 0 aliphatic heterocycles. The maximum absolute atomic E-state index is 5.35. The summed E-state index contributed by atoms with van der Waals surface area (Å²) in [6.07, 6.45) is 1.95. The summed E-state index contributed by atoms with van der Waals surface area (Å²) in [4.78, 5) is 0. The molecule has 0 aromatic carbocycles. The largest absolute Gasteiger partial charge is 0.500 e. The highest BCUT2D eigenvalue weighted by Crippen LogP contribution is 2.14. The average molecular weight is 565 g/mol. The second-order valence-electron chi connectivity index (χ2n) is 5.88. The Bertz CT molecular complexity index is 286. The molecule has 0 saturated heterocycles. The van der Waals surface area contributed by atoms with Gasteiger partial charge in [-0.05, 0) is 25.9 Å². The van der Waals surface area contributed by atoms with Crippen molar-refractivity contribution in [2.45, 2.75) is 80.3 Å². The highest BCUT2D eigenvalue weighted by molar-refractivity contribution is 6.60. The van der Waals surface area contributed by atoms with E-state index in [0.29, 0.717) is 13.1 Å². The third kappa shape index (κ3) is 32.1. The van der Waals surface area contributed by atoms with Crippen LogP contribution in [0.5, 0.6) is 0 Å². The van der Waals surface area contributed by atoms with Gasteiger partial charge >= 0.3 is 17.6 Å². The highest BCUT2D eigenvalue weighted by atomic mass is 28.4. The second kappa shape index (κ2) is 45.0. The Hall–Kier alpha value is 0.0338. The first-order valence-electron chi connectivity index (χ1n) is 13.6. The zero-order valence-electron chi connectivity index (χ0n) is 26.7. The maximum Gasteiger partial charge on any atom is 0.500 e. The molecule has 0 radical (unpaired) electrons. The van der Waals surface area contributed by atoms with Crippen LogP contribution in [0.25, 0.3) is 0 Å². The van der Waals surface area contributed by atoms with Crippen molar-refractivity contribution in [2.75, 3.05) is 81.9 Å². The van der Waals surface area contributed by atoms with Gasteiger partial charge in [0.25, 0.3) is 0 Å². The van der Waals surface area contributed by atoms with Gasteiger partial charge < -0.3 is 48.7 Å². The Kier molecular flexibility index (Phi) is 61.3. The van der Waals surface area contributed by atoms with Crippen LogP contribution >= 0.6 is 0 Å². The molecule has 0 fully saturated rings. The van der Waals surface area contributed by atoms with Crippen molar-refractivity contribution in [2.24, 2.45) is 11.5 Å². The van der Waals surface area contributed by atoms with E-state index in [0.717, 1.165) is 51.1 Å². The predicted molar refractivity (Wildman–Crippen MR) is 162 cm³/mol. The zero-order valence-corrected chi connectivity index (χ0v) is 28.7. The topological polar surface area (TPSA) is 131 Å². The average Bonchev–Trinajstić information content (AvgIpc) is 2.98. The van der Waals surface area contributed by atoms with Gasteiger partial charge in [-0.25, -0.2) is 0 Å². The van der Waals surface area contributed by atoms with Crippen LogP contribution in [0.1, 0.15) is 68.2 Å². The van der Waals surface area contributed by atoms with E-state index in [9.17, 15) is 0 Å². The Morgan fingerprint density at radius 1 is 0.444 bits per heavy atom. The molecular formula is C24H68N4O6Si2. The lowest BCUT2D eigenvalue weighted by molar-refractivity contribution is 0.122. The lowest BCUT2D eigenvalue weighted by Crippen LogP contribution is -2.43. The lowest BCUT2D eigenvalue weighted by Gasteiger charge is -2.24. The van der Waals surface area contributed by atoms with Gasteiger partial charge in [0, 0.05) is 80.9 Å². The molecule has 0 aliphatic carbocycles. The van der Waals surface area contributed by atoms with Crippen LogP contribution in [0.15, 0.2) is 0 Å². The number of rotatable bonds is 18. The van der Waals surface area contributed by atoms with Crippen LogP contribution in [0.4, 0.5) is 0 Å². The lowest BCUT2D eigenvalue weighted by atomic mass is 10.5. The van der Waals surface area contributed by atoms with Crippen LogP contribution in [0.2, 0.25) is 12.1 Å². The SMILES string of the molecule is CC.CC.CC.CC.CO[Si](CCCNCCN)(OC)OC.CO[Si](CCCNCCN)(OC)OC. The molecule has 36 heavy (non-hydrogen) atoms. The van der Waals surface area contributed by atoms with Crippen molar-refractivity contribution in [1.29, 1.82) is 0 Å². The van der Waals surface area contributed by atoms with Crippen molar-refractivity contribution in [3.8, 4) is 0 Å². The van der Waals surface area contributed by atoms with Gasteiger partial charge in [-0.2, -0.15) is 0 Å². The molecular weight excluding hydrogens is 496 g/mol. The van der Waals surface area contributed by atoms with E-state index in [1.807, 2.05) is 55.4 Å². The fraction of sp³-hybridized carbons (Fsp3) is 1.00. The van der Waals surface area contributed by atoms with E-state index >= 15 is 0 Å². The number of hydrogen-bond donors (Lipinski definition) is 4. The molecule has 0 bridgehead atoms. The molecule has 228 valence electrons. The molecule has 0 heterocycles. The zero-order chi connectivity index (χ0) is 29.7. The quantitative estimate of drug-likeness (QED) is 0.144. The summed E-state index contributed by atoms with van der Waals surface area (Å²) in [7, 11) is 5.09. The van der Waals surface area contributed by atoms with Gasteiger partial charge in [0.2, 0.25) is 0 Å². The fourth-order valence-electron chi connectivity index (χ4n) is 2.43. The van der Waals surface area contributed by atoms with Crippen molar-refractivity contribution in [3.63, 3.8) is 0 Å². The van der Waals surface area contributed by atoms with Crippen LogP contribution in [0.3, 0.4) is 0 Å². The van der Waals surface area contributed by atoms with E-state index < -0.39 is 17.6 Å². The Morgan fingerprint density at radius 2 is 0.667 bits per heavy atom. The predicted octanol–water partition coefficient (Wildman–Crippen LogP) is 3.71. The molecule has 0 aliphatic rings. The van der Waals surface area contributed by atoms with Gasteiger partial charge in [0.15, 0.2) is 0 Å². The van der Waals surface area contributed by atoms with E-state index in [4.69, 9.17) is 38.0 Å². The van der Waals surface area contributed by atoms with E-state index in [1.54, 1.807) is 42.7 Å². The first-order valence-corrected chi connectivity index (χ1v) is 17.5. The normalized spacial score (nSPS) is 10.0. The molecule has 0 unspecified atom stereocenters. The maximum atomic E-state index is 5.35. The standard InChI is InChI=1S/2C8H22N2O3Si.4C2H6/c2*1-11-14(12-2,13-3)8-4-6-10-7-5-9;4*1-2/h2*10H,4-9H2,1-3H3;4*1-2H3. The van der Waals surface area contributed by atoms with Crippen LogP contribution in [-0.2, 0) is 26.6 Å². The summed E-state index contributed by atoms with van der Waals surface area (Å²) in [5.41, 5.74) is 10.7. The summed E-state index contributed by atoms with van der Waals surface area (Å²) in [5, 5.41) is 6.42. The van der Waals surface area contributed by atoms with Crippen molar-refractivity contribution >= 4 is 17.6 Å². The van der Waals surface area contributed by atoms with Gasteiger partial charge in [0.1, 0.15) is 0 Å². The van der Waals surface area contributed by atoms with Gasteiger partial charge in [-0.3, -0.25) is 0 Å². The van der Waals surface area contributed by atoms with Crippen LogP contribution in [-0.4, -0.2) is 99.5 Å². The molecule has 6 N–H and O–H groups in total. The van der Waals surface area contributed by atoms with Gasteiger partial charge in [0.05, 0.1) is 0 Å². The summed E-state index contributed by atoms with van der Waals surface area (Å²) in [6.45, 7) is 20.9. The molecule has 0 saturated carbocycles. The van der Waals surface area contributed by atoms with Gasteiger partial charge in [-0.15, -0.1) is 0 Å². The summed E-state index contributed by atoms with van der Waals surface area (Å²) < 4.78 is 31.7. The molecule has 12 heteroatoms. The molecule has 0 rings (SSSR count). The summed E-state index contributed by atoms with van der Waals surface area (Å²) in [6, 6.07) is 1.65. The Labute approximate surface area is 228 Å². The molecule has 0 amide bonds. The van der Waals surface area contributed by atoms with Crippen LogP contribution < -0.4 is 22.1 Å². The van der Waals surface area contributed by atoms with E-state index in [-0.39, 0.29) is 0 Å². The first-order chi connectivity index (χ1) is 17.5. The second-order valence-corrected chi connectivity index (χ2v) is 12.1. The monoisotopic (exact) mass is 564 g/mol. The highest BCUT2D eigenvalue weighted by Gasteiger charge is 2.37. The molecule has 0 aromatic rings. The molecule has 0 spiro atoms. The fourth-order valence-corrected chi connectivity index (χ4v) is 5.87. The third-order valence-electron chi connectivity index (χ3n) is 4.18. The Morgan fingerprint density at radius 3 is 0.833 bits per heavy atom. The minimum Gasteiger partial charge on any atom is -0.377 e. The number of nitrogens with two attached hydrogens (primary N) is 2. The Balaban J connectivity index is -0.0000000975. The molecule has 0 atom stereocenters.